The van der Waals surface area contributed by atoms with Crippen LogP contribution in [0.3, 0.4) is 0 Å². The smallest absolute Gasteiger partial charge is 0.229 e. The van der Waals surface area contributed by atoms with Crippen molar-refractivity contribution in [1.29, 1.82) is 0 Å². The van der Waals surface area contributed by atoms with Gasteiger partial charge in [-0.25, -0.2) is 0 Å². The third-order valence-corrected chi connectivity index (χ3v) is 30.5. The lowest BCUT2D eigenvalue weighted by Gasteiger charge is -2.41. The first-order valence-corrected chi connectivity index (χ1v) is 49.3. The molecule has 20 atom stereocenters. The predicted molar refractivity (Wildman–Crippen MR) is 511 cm³/mol. The van der Waals surface area contributed by atoms with E-state index in [0.29, 0.717) is 58.4 Å². The molecule has 2 aromatic carbocycles. The lowest BCUT2D eigenvalue weighted by molar-refractivity contribution is -0.149. The highest BCUT2D eigenvalue weighted by molar-refractivity contribution is 5.96. The molecule has 6 amide bonds. The maximum atomic E-state index is 14.7. The molecule has 4 heterocycles. The van der Waals surface area contributed by atoms with Crippen LogP contribution in [-0.2, 0) is 66.9 Å². The molecular weight excluding hydrogens is 1610 g/mol. The summed E-state index contributed by atoms with van der Waals surface area (Å²) in [5.41, 5.74) is 12.1. The fourth-order valence-corrected chi connectivity index (χ4v) is 22.5. The van der Waals surface area contributed by atoms with Crippen molar-refractivity contribution in [3.8, 4) is 0 Å². The van der Waals surface area contributed by atoms with Crippen molar-refractivity contribution >= 4 is 58.6 Å². The molecular formula is C104H176N10O14. The predicted octanol–water partition coefficient (Wildman–Crippen LogP) is 15.0. The number of methoxy groups -OCH3 is 4. The van der Waals surface area contributed by atoms with Crippen molar-refractivity contribution < 1.29 is 66.9 Å². The fraction of sp³-hybridized carbons (Fsp3) is 0.788. The van der Waals surface area contributed by atoms with Crippen molar-refractivity contribution in [2.24, 2.45) is 81.5 Å². The monoisotopic (exact) mass is 1790 g/mol. The third-order valence-electron chi connectivity index (χ3n) is 30.5. The number of likely N-dealkylation sites (tertiary alicyclic amines) is 4. The Morgan fingerprint density at radius 1 is 0.422 bits per heavy atom. The van der Waals surface area contributed by atoms with Gasteiger partial charge in [-0.3, -0.25) is 57.7 Å². The number of nitrogens with two attached hydrogens (primary N) is 2. The van der Waals surface area contributed by atoms with Gasteiger partial charge in [0.1, 0.15) is 11.6 Å². The normalized spacial score (nSPS) is 23.3. The van der Waals surface area contributed by atoms with Gasteiger partial charge in [0.05, 0.1) is 84.3 Å². The minimum Gasteiger partial charge on any atom is -0.379 e. The van der Waals surface area contributed by atoms with Crippen LogP contribution in [0.15, 0.2) is 60.7 Å². The molecule has 24 nitrogen and oxygen atoms in total. The highest BCUT2D eigenvalue weighted by Crippen LogP contribution is 2.64. The summed E-state index contributed by atoms with van der Waals surface area (Å²) in [6, 6.07) is 18.1. The van der Waals surface area contributed by atoms with Gasteiger partial charge >= 0.3 is 0 Å². The Kier molecular flexibility index (Phi) is 45.6. The van der Waals surface area contributed by atoms with Crippen LogP contribution in [0.1, 0.15) is 288 Å². The summed E-state index contributed by atoms with van der Waals surface area (Å²) in [5.74, 6) is -2.24. The van der Waals surface area contributed by atoms with Gasteiger partial charge < -0.3 is 59.8 Å². The quantitative estimate of drug-likeness (QED) is 0.0582. The van der Waals surface area contributed by atoms with Crippen molar-refractivity contribution in [3.05, 3.63) is 71.8 Å². The molecule has 0 spiro atoms. The van der Waals surface area contributed by atoms with Crippen molar-refractivity contribution in [2.45, 2.75) is 337 Å². The zero-order chi connectivity index (χ0) is 93.9. The number of carbonyl (C=O) groups is 10. The maximum Gasteiger partial charge on any atom is 0.229 e. The fourth-order valence-electron chi connectivity index (χ4n) is 22.5. The van der Waals surface area contributed by atoms with E-state index < -0.39 is 71.0 Å². The number of benzene rings is 2. The van der Waals surface area contributed by atoms with Gasteiger partial charge in [0.25, 0.3) is 0 Å². The summed E-state index contributed by atoms with van der Waals surface area (Å²) >= 11 is 0. The van der Waals surface area contributed by atoms with Crippen molar-refractivity contribution in [1.82, 2.24) is 39.2 Å². The summed E-state index contributed by atoms with van der Waals surface area (Å²) < 4.78 is 24.6. The first-order chi connectivity index (χ1) is 60.5. The lowest BCUT2D eigenvalue weighted by Crippen LogP contribution is -2.54. The average Bonchev–Trinajstić information content (AvgIpc) is 1.56. The van der Waals surface area contributed by atoms with E-state index in [0.717, 1.165) is 140 Å². The Hall–Kier alpha value is -6.38. The zero-order valence-corrected chi connectivity index (χ0v) is 82.7. The third kappa shape index (κ3) is 28.1. The van der Waals surface area contributed by atoms with Gasteiger partial charge in [0.15, 0.2) is 11.6 Å². The molecule has 2 saturated carbocycles. The molecule has 0 aromatic heterocycles. The van der Waals surface area contributed by atoms with Crippen LogP contribution < -0.4 is 11.5 Å². The Balaban J connectivity index is 0.000000392. The van der Waals surface area contributed by atoms with E-state index in [1.54, 1.807) is 52.3 Å². The molecule has 4 aliphatic heterocycles. The summed E-state index contributed by atoms with van der Waals surface area (Å²) in [5, 5.41) is 0. The Labute approximate surface area is 773 Å². The number of nitrogens with zero attached hydrogens (tertiary/aromatic N) is 8. The van der Waals surface area contributed by atoms with Crippen LogP contribution in [0, 0.1) is 70.0 Å². The van der Waals surface area contributed by atoms with E-state index in [4.69, 9.17) is 30.4 Å². The number of ketones is 4. The summed E-state index contributed by atoms with van der Waals surface area (Å²) in [6.07, 6.45) is 15.3. The summed E-state index contributed by atoms with van der Waals surface area (Å²) in [7, 11) is 14.0. The van der Waals surface area contributed by atoms with Gasteiger partial charge in [-0.2, -0.15) is 0 Å². The van der Waals surface area contributed by atoms with Crippen LogP contribution in [-0.4, -0.2) is 281 Å². The zero-order valence-electron chi connectivity index (χ0n) is 82.7. The van der Waals surface area contributed by atoms with E-state index in [1.165, 1.54) is 0 Å². The largest absolute Gasteiger partial charge is 0.379 e. The van der Waals surface area contributed by atoms with Gasteiger partial charge in [-0.1, -0.05) is 191 Å². The second kappa shape index (κ2) is 52.9. The molecule has 128 heavy (non-hydrogen) atoms. The number of hydrogen-bond acceptors (Lipinski definition) is 18. The molecule has 0 bridgehead atoms. The lowest BCUT2D eigenvalue weighted by atomic mass is 9.83. The number of Topliss-reactive ketones (excluding diaryl/α,β-unsaturated/α-hetero) is 4. The van der Waals surface area contributed by atoms with Gasteiger partial charge in [0, 0.05) is 131 Å². The van der Waals surface area contributed by atoms with E-state index in [1.807, 2.05) is 125 Å². The molecule has 8 rings (SSSR count). The molecule has 4 saturated heterocycles. The summed E-state index contributed by atoms with van der Waals surface area (Å²) in [6.45, 7) is 35.1. The highest BCUT2D eigenvalue weighted by Gasteiger charge is 2.64. The molecule has 0 radical (unpaired) electrons. The standard InChI is InChI=1S/C53H89N5O7.C50H83N5O7.CH4/c1-12-38(6)49(56(9)51(62)41(36(2)3)32-44(59)48(37(4)5)55(8)28-20-14-13-19-27-54)46(64-10)33-47(61)58-31-23-26-43(58)50(65-11)39(7)45(60)35-53(52(63)57-29-21-16-22-30-57)34-42(53)40-24-17-15-18-25-40;1-12-35(6)46(53(9)48(59)38(33(2)3)29-41(56)45(34(4)5)52(8)25-20-24-51)43(61-10)30-44(58)55-28-19-23-40(55)47(62-11)36(7)42(57)32-50(49(60)54-26-17-14-18-27-54)31-39(50)37-21-15-13-16-22-37;/h15,17-18,24-25,36-39,41-43,46,48-50H,12-14,16,19-23,26-35,54H2,1-11H3;13,15-16,21-22,33-36,38-40,43,45-47H,12,14,17-20,23-32,51H2,1-11H3;1H4/t38-,39-,41-,42+,43-,46+,48-,49-,50+,53-;35-,36-,38-,39+,40-,43+,45-,46-,47+,50-;/m00./s1. The van der Waals surface area contributed by atoms with Gasteiger partial charge in [0.2, 0.25) is 35.4 Å². The first kappa shape index (κ1) is 110. The Bertz CT molecular complexity index is 3760. The molecule has 2 aromatic rings. The number of unbranched alkanes of at least 4 members (excludes halogenated alkanes) is 3. The molecule has 726 valence electrons. The van der Waals surface area contributed by atoms with Gasteiger partial charge in [-0.05, 0) is 195 Å². The Morgan fingerprint density at radius 2 is 0.766 bits per heavy atom. The number of piperidine rings is 2. The summed E-state index contributed by atoms with van der Waals surface area (Å²) in [4.78, 5) is 159. The number of ether oxygens (including phenoxy) is 4. The second-order valence-electron chi connectivity index (χ2n) is 40.5. The molecule has 2 aliphatic carbocycles. The van der Waals surface area contributed by atoms with E-state index >= 15 is 0 Å². The van der Waals surface area contributed by atoms with Crippen LogP contribution in [0.4, 0.5) is 0 Å². The highest BCUT2D eigenvalue weighted by atomic mass is 16.5. The SMILES string of the molecule is C.CC[C@H](C)[C@@H]([C@@H](CC(=O)N1CCC[C@H]1[C@H](OC)[C@@H](C)C(=O)C[C@@]1(C(=O)N2CCCCC2)C[C@@H]1c1ccccc1)OC)N(C)C(=O)[C@@H](CC(=O)[C@H](C(C)C)N(C)CCCCCCN)C(C)C.CC[C@H](C)[C@@H]([C@@H](CC(=O)N1CCC[C@H]1[C@H](OC)[C@@H](C)C(=O)C[C@@]1(C(=O)N2CCCCC2)C[C@@H]1c1ccccc1)OC)N(C)C(=O)[C@@H](CC(=O)[C@H](C(C)C)N(C)CCCN)C(C)C. The second-order valence-corrected chi connectivity index (χ2v) is 40.5. The molecule has 6 fully saturated rings. The van der Waals surface area contributed by atoms with E-state index in [2.05, 4.69) is 75.6 Å². The number of hydrogen-bond donors (Lipinski definition) is 2. The number of rotatable bonds is 53. The Morgan fingerprint density at radius 3 is 1.08 bits per heavy atom. The molecule has 0 unspecified atom stereocenters. The van der Waals surface area contributed by atoms with E-state index in [9.17, 15) is 47.9 Å². The average molecular weight is 1790 g/mol. The van der Waals surface area contributed by atoms with Crippen molar-refractivity contribution in [3.63, 3.8) is 0 Å². The van der Waals surface area contributed by atoms with Crippen LogP contribution in [0.5, 0.6) is 0 Å². The van der Waals surface area contributed by atoms with Crippen LogP contribution in [0.2, 0.25) is 0 Å². The topological polar surface area (TPSA) is 286 Å². The number of likely N-dealkylation sites (N-methyl/N-ethyl adjacent to an activating group) is 4. The molecule has 24 heteroatoms. The van der Waals surface area contributed by atoms with Crippen molar-refractivity contribution in [2.75, 3.05) is 122 Å². The minimum absolute atomic E-state index is 0. The first-order valence-electron chi connectivity index (χ1n) is 49.3. The number of carbonyl (C=O) groups excluding carboxylic acids is 10. The van der Waals surface area contributed by atoms with Crippen LogP contribution in [0.25, 0.3) is 0 Å². The maximum absolute atomic E-state index is 14.7. The molecule has 6 aliphatic rings. The molecule has 4 N–H and O–H groups in total. The van der Waals surface area contributed by atoms with Gasteiger partial charge in [-0.15, -0.1) is 0 Å². The van der Waals surface area contributed by atoms with Crippen LogP contribution >= 0.6 is 0 Å². The van der Waals surface area contributed by atoms with E-state index in [-0.39, 0.29) is 176 Å². The minimum atomic E-state index is -0.758. The number of amides is 6.